The summed E-state index contributed by atoms with van der Waals surface area (Å²) in [6.07, 6.45) is 0.302. The van der Waals surface area contributed by atoms with Crippen LogP contribution in [0.25, 0.3) is 0 Å². The number of piperazine rings is 1. The lowest BCUT2D eigenvalue weighted by Crippen LogP contribution is -2.60. The maximum atomic E-state index is 13.0. The molecule has 7 nitrogen and oxygen atoms in total. The van der Waals surface area contributed by atoms with Gasteiger partial charge in [0.15, 0.2) is 11.5 Å². The van der Waals surface area contributed by atoms with E-state index in [1.165, 1.54) is 4.90 Å². The normalized spacial score (nSPS) is 32.7. The van der Waals surface area contributed by atoms with Crippen molar-refractivity contribution in [2.75, 3.05) is 13.8 Å². The van der Waals surface area contributed by atoms with Crippen molar-refractivity contribution in [3.63, 3.8) is 0 Å². The van der Waals surface area contributed by atoms with Gasteiger partial charge in [-0.15, -0.1) is 0 Å². The number of hydrogen-bond acceptors (Lipinski definition) is 5. The topological polar surface area (TPSA) is 82.9 Å². The highest BCUT2D eigenvalue weighted by Gasteiger charge is 2.59. The fourth-order valence-corrected chi connectivity index (χ4v) is 4.67. The molecule has 0 saturated carbocycles. The van der Waals surface area contributed by atoms with Crippen LogP contribution in [0.5, 0.6) is 11.5 Å². The van der Waals surface area contributed by atoms with Gasteiger partial charge in [0.05, 0.1) is 17.5 Å². The van der Waals surface area contributed by atoms with Crippen LogP contribution >= 0.6 is 15.9 Å². The Labute approximate surface area is 159 Å². The Morgan fingerprint density at radius 2 is 1.92 bits per heavy atom. The molecule has 0 spiro atoms. The SMILES string of the molecule is C[C@@H]1C(=O)N2C(c3cc4c(cc3Br)OCO4)[C@@](C)(C#N)C[C@H]2C(=O)N1C. The first-order chi connectivity index (χ1) is 12.3. The standard InChI is InChI=1S/C18H18BrN3O4/c1-9-16(23)22-12(17(24)21(9)3)6-18(2,7-20)15(22)10-4-13-14(5-11(10)19)26-8-25-13/h4-5,9,12,15H,6,8H2,1-3H3/t9-,12+,15?,18-/m1/s1. The maximum absolute atomic E-state index is 13.0. The fourth-order valence-electron chi connectivity index (χ4n) is 4.14. The van der Waals surface area contributed by atoms with E-state index in [4.69, 9.17) is 9.47 Å². The van der Waals surface area contributed by atoms with E-state index in [9.17, 15) is 14.9 Å². The van der Waals surface area contributed by atoms with Gasteiger partial charge in [0.2, 0.25) is 18.6 Å². The molecule has 0 aromatic heterocycles. The van der Waals surface area contributed by atoms with Gasteiger partial charge in [0, 0.05) is 11.5 Å². The third-order valence-electron chi connectivity index (χ3n) is 5.70. The van der Waals surface area contributed by atoms with Crippen LogP contribution in [0.2, 0.25) is 0 Å². The Bertz CT molecular complexity index is 867. The van der Waals surface area contributed by atoms with Gasteiger partial charge in [-0.1, -0.05) is 15.9 Å². The number of carbonyl (C=O) groups is 2. The van der Waals surface area contributed by atoms with E-state index in [2.05, 4.69) is 22.0 Å². The summed E-state index contributed by atoms with van der Waals surface area (Å²) in [4.78, 5) is 28.9. The zero-order valence-electron chi connectivity index (χ0n) is 14.7. The van der Waals surface area contributed by atoms with Crippen LogP contribution in [-0.2, 0) is 9.59 Å². The molecule has 1 unspecified atom stereocenters. The predicted octanol–water partition coefficient (Wildman–Crippen LogP) is 2.21. The summed E-state index contributed by atoms with van der Waals surface area (Å²) in [7, 11) is 1.63. The molecule has 0 bridgehead atoms. The zero-order valence-corrected chi connectivity index (χ0v) is 16.2. The van der Waals surface area contributed by atoms with Crippen LogP contribution in [0.4, 0.5) is 0 Å². The van der Waals surface area contributed by atoms with Crippen LogP contribution in [0.3, 0.4) is 0 Å². The minimum atomic E-state index is -0.892. The minimum absolute atomic E-state index is 0.127. The van der Waals surface area contributed by atoms with Gasteiger partial charge in [-0.05, 0) is 38.0 Å². The molecule has 0 N–H and O–H groups in total. The number of benzene rings is 1. The third-order valence-corrected chi connectivity index (χ3v) is 6.39. The number of hydrogen-bond donors (Lipinski definition) is 0. The maximum Gasteiger partial charge on any atom is 0.246 e. The Hall–Kier alpha value is -2.27. The number of amides is 2. The number of carbonyl (C=O) groups excluding carboxylic acids is 2. The molecule has 8 heteroatoms. The fraction of sp³-hybridized carbons (Fsp3) is 0.500. The van der Waals surface area contributed by atoms with Crippen molar-refractivity contribution >= 4 is 27.7 Å². The van der Waals surface area contributed by atoms with Gasteiger partial charge in [-0.25, -0.2) is 0 Å². The molecule has 2 saturated heterocycles. The van der Waals surface area contributed by atoms with Crippen molar-refractivity contribution in [1.82, 2.24) is 9.80 Å². The molecule has 4 atom stereocenters. The molecular formula is C18H18BrN3O4. The minimum Gasteiger partial charge on any atom is -0.454 e. The summed E-state index contributed by atoms with van der Waals surface area (Å²) in [5.74, 6) is 0.916. The van der Waals surface area contributed by atoms with Crippen molar-refractivity contribution in [2.45, 2.75) is 38.4 Å². The highest BCUT2D eigenvalue weighted by Crippen LogP contribution is 2.54. The highest BCUT2D eigenvalue weighted by molar-refractivity contribution is 9.10. The van der Waals surface area contributed by atoms with Crippen molar-refractivity contribution in [3.8, 4) is 17.6 Å². The first-order valence-corrected chi connectivity index (χ1v) is 9.17. The Morgan fingerprint density at radius 3 is 2.58 bits per heavy atom. The predicted molar refractivity (Wildman–Crippen MR) is 94.2 cm³/mol. The number of halogens is 1. The molecule has 136 valence electrons. The average Bonchev–Trinajstić information content (AvgIpc) is 3.19. The van der Waals surface area contributed by atoms with E-state index in [1.54, 1.807) is 37.9 Å². The van der Waals surface area contributed by atoms with E-state index < -0.39 is 23.5 Å². The van der Waals surface area contributed by atoms with Gasteiger partial charge >= 0.3 is 0 Å². The largest absolute Gasteiger partial charge is 0.454 e. The van der Waals surface area contributed by atoms with Crippen molar-refractivity contribution in [1.29, 1.82) is 5.26 Å². The molecule has 3 aliphatic heterocycles. The first-order valence-electron chi connectivity index (χ1n) is 8.37. The third kappa shape index (κ3) is 2.16. The van der Waals surface area contributed by atoms with Gasteiger partial charge in [0.1, 0.15) is 12.1 Å². The highest BCUT2D eigenvalue weighted by atomic mass is 79.9. The molecule has 2 fully saturated rings. The van der Waals surface area contributed by atoms with E-state index in [1.807, 2.05) is 0 Å². The van der Waals surface area contributed by atoms with Crippen LogP contribution < -0.4 is 9.47 Å². The van der Waals surface area contributed by atoms with Crippen molar-refractivity contribution in [3.05, 3.63) is 22.2 Å². The average molecular weight is 420 g/mol. The number of nitriles is 1. The van der Waals surface area contributed by atoms with Gasteiger partial charge in [0.25, 0.3) is 0 Å². The van der Waals surface area contributed by atoms with Gasteiger partial charge in [-0.3, -0.25) is 9.59 Å². The van der Waals surface area contributed by atoms with Crippen molar-refractivity contribution < 1.29 is 19.1 Å². The smallest absolute Gasteiger partial charge is 0.246 e. The monoisotopic (exact) mass is 419 g/mol. The summed E-state index contributed by atoms with van der Waals surface area (Å²) >= 11 is 3.54. The number of nitrogens with zero attached hydrogens (tertiary/aromatic N) is 3. The summed E-state index contributed by atoms with van der Waals surface area (Å²) in [5.41, 5.74) is -0.143. The van der Waals surface area contributed by atoms with E-state index in [0.29, 0.717) is 17.9 Å². The number of rotatable bonds is 1. The Morgan fingerprint density at radius 1 is 1.27 bits per heavy atom. The second-order valence-corrected chi connectivity index (χ2v) is 8.10. The molecule has 2 amide bonds. The molecule has 26 heavy (non-hydrogen) atoms. The lowest BCUT2D eigenvalue weighted by molar-refractivity contribution is -0.159. The molecule has 3 aliphatic rings. The first kappa shape index (κ1) is 17.2. The van der Waals surface area contributed by atoms with Crippen molar-refractivity contribution in [2.24, 2.45) is 5.41 Å². The zero-order chi connectivity index (χ0) is 18.8. The molecule has 1 aromatic rings. The van der Waals surface area contributed by atoms with Crippen LogP contribution in [0.1, 0.15) is 31.9 Å². The van der Waals surface area contributed by atoms with E-state index in [-0.39, 0.29) is 18.6 Å². The van der Waals surface area contributed by atoms with Crippen LogP contribution in [0.15, 0.2) is 16.6 Å². The Balaban J connectivity index is 1.87. The number of fused-ring (bicyclic) bond motifs is 2. The molecule has 0 radical (unpaired) electrons. The lowest BCUT2D eigenvalue weighted by Gasteiger charge is -2.42. The second kappa shape index (κ2) is 5.61. The summed E-state index contributed by atoms with van der Waals surface area (Å²) in [5, 5.41) is 9.91. The molecular weight excluding hydrogens is 402 g/mol. The second-order valence-electron chi connectivity index (χ2n) is 7.25. The summed E-state index contributed by atoms with van der Waals surface area (Å²) < 4.78 is 11.6. The quantitative estimate of drug-likeness (QED) is 0.696. The molecule has 4 rings (SSSR count). The number of likely N-dealkylation sites (N-methyl/N-ethyl adjacent to an activating group) is 1. The molecule has 3 heterocycles. The number of ether oxygens (including phenoxy) is 2. The van der Waals surface area contributed by atoms with Gasteiger partial charge < -0.3 is 19.3 Å². The summed E-state index contributed by atoms with van der Waals surface area (Å²) in [6.45, 7) is 3.65. The molecule has 1 aromatic carbocycles. The van der Waals surface area contributed by atoms with Gasteiger partial charge in [-0.2, -0.15) is 5.26 Å². The van der Waals surface area contributed by atoms with Crippen LogP contribution in [-0.4, -0.2) is 47.5 Å². The Kier molecular flexibility index (Phi) is 3.70. The lowest BCUT2D eigenvalue weighted by atomic mass is 9.79. The van der Waals surface area contributed by atoms with Crippen LogP contribution in [0, 0.1) is 16.7 Å². The summed E-state index contributed by atoms with van der Waals surface area (Å²) in [6, 6.07) is 4.20. The molecule has 0 aliphatic carbocycles. The van der Waals surface area contributed by atoms with E-state index in [0.717, 1.165) is 10.0 Å². The van der Waals surface area contributed by atoms with E-state index >= 15 is 0 Å².